The lowest BCUT2D eigenvalue weighted by Crippen LogP contribution is -1.80. The van der Waals surface area contributed by atoms with E-state index in [2.05, 4.69) is 10.2 Å². The van der Waals surface area contributed by atoms with Crippen molar-refractivity contribution in [2.45, 2.75) is 11.6 Å². The Bertz CT molecular complexity index is 456. The largest absolute Gasteiger partial charge is 0.411 e. The molecule has 1 aromatic carbocycles. The molecule has 16 heavy (non-hydrogen) atoms. The van der Waals surface area contributed by atoms with Gasteiger partial charge in [-0.1, -0.05) is 30.0 Å². The number of aldehydes is 1. The molecule has 0 N–H and O–H groups in total. The molecule has 0 unspecified atom stereocenters. The van der Waals surface area contributed by atoms with Crippen LogP contribution in [0.1, 0.15) is 6.42 Å². The summed E-state index contributed by atoms with van der Waals surface area (Å²) in [5.41, 5.74) is 0.900. The molecule has 1 heterocycles. The summed E-state index contributed by atoms with van der Waals surface area (Å²) in [7, 11) is 0. The second kappa shape index (κ2) is 5.46. The standard InChI is InChI=1S/C11H10N2O2S/c14-7-4-8-16-11-13-12-10(15-11)9-5-2-1-3-6-9/h1-3,5-7H,4,8H2. The minimum Gasteiger partial charge on any atom is -0.411 e. The van der Waals surface area contributed by atoms with Gasteiger partial charge in [-0.25, -0.2) is 0 Å². The molecular weight excluding hydrogens is 224 g/mol. The minimum absolute atomic E-state index is 0.494. The van der Waals surface area contributed by atoms with E-state index in [0.29, 0.717) is 23.3 Å². The molecule has 0 aliphatic heterocycles. The number of aromatic nitrogens is 2. The summed E-state index contributed by atoms with van der Waals surface area (Å²) in [6.45, 7) is 0. The number of hydrogen-bond donors (Lipinski definition) is 0. The van der Waals surface area contributed by atoms with Gasteiger partial charge in [0.1, 0.15) is 6.29 Å². The third-order valence-corrected chi connectivity index (χ3v) is 2.74. The fourth-order valence-corrected chi connectivity index (χ4v) is 1.78. The molecule has 0 aliphatic carbocycles. The molecular formula is C11H10N2O2S. The summed E-state index contributed by atoms with van der Waals surface area (Å²) < 4.78 is 5.44. The van der Waals surface area contributed by atoms with Gasteiger partial charge in [0.25, 0.3) is 5.22 Å². The van der Waals surface area contributed by atoms with Crippen molar-refractivity contribution < 1.29 is 9.21 Å². The highest BCUT2D eigenvalue weighted by Crippen LogP contribution is 2.22. The Morgan fingerprint density at radius 3 is 2.81 bits per heavy atom. The first kappa shape index (κ1) is 10.9. The molecule has 0 amide bonds. The summed E-state index contributed by atoms with van der Waals surface area (Å²) in [5.74, 6) is 1.18. The van der Waals surface area contributed by atoms with Crippen LogP contribution in [-0.4, -0.2) is 22.2 Å². The van der Waals surface area contributed by atoms with Crippen molar-refractivity contribution >= 4 is 18.0 Å². The zero-order chi connectivity index (χ0) is 11.2. The van der Waals surface area contributed by atoms with Crippen LogP contribution in [0.25, 0.3) is 11.5 Å². The lowest BCUT2D eigenvalue weighted by atomic mass is 10.2. The highest BCUT2D eigenvalue weighted by atomic mass is 32.2. The molecule has 0 bridgehead atoms. The van der Waals surface area contributed by atoms with Crippen LogP contribution in [0.2, 0.25) is 0 Å². The van der Waals surface area contributed by atoms with Crippen molar-refractivity contribution in [2.24, 2.45) is 0 Å². The van der Waals surface area contributed by atoms with E-state index in [1.807, 2.05) is 30.3 Å². The smallest absolute Gasteiger partial charge is 0.276 e. The van der Waals surface area contributed by atoms with E-state index in [9.17, 15) is 4.79 Å². The van der Waals surface area contributed by atoms with E-state index in [1.54, 1.807) is 0 Å². The lowest BCUT2D eigenvalue weighted by Gasteiger charge is -1.92. The molecule has 0 radical (unpaired) electrons. The maximum Gasteiger partial charge on any atom is 0.276 e. The highest BCUT2D eigenvalue weighted by molar-refractivity contribution is 7.99. The van der Waals surface area contributed by atoms with Crippen molar-refractivity contribution in [3.8, 4) is 11.5 Å². The SMILES string of the molecule is O=CCCSc1nnc(-c2ccccc2)o1. The van der Waals surface area contributed by atoms with Gasteiger partial charge in [0.2, 0.25) is 5.89 Å². The average Bonchev–Trinajstić information content (AvgIpc) is 2.79. The molecule has 82 valence electrons. The van der Waals surface area contributed by atoms with Crippen molar-refractivity contribution in [2.75, 3.05) is 5.75 Å². The van der Waals surface area contributed by atoms with Crippen LogP contribution >= 0.6 is 11.8 Å². The molecule has 2 rings (SSSR count). The Morgan fingerprint density at radius 1 is 1.25 bits per heavy atom. The zero-order valence-corrected chi connectivity index (χ0v) is 9.31. The molecule has 2 aromatic rings. The van der Waals surface area contributed by atoms with Gasteiger partial charge in [-0.05, 0) is 12.1 Å². The zero-order valence-electron chi connectivity index (χ0n) is 8.50. The Morgan fingerprint density at radius 2 is 2.06 bits per heavy atom. The normalized spacial score (nSPS) is 10.2. The molecule has 5 heteroatoms. The number of thioether (sulfide) groups is 1. The van der Waals surface area contributed by atoms with Gasteiger partial charge in [0.15, 0.2) is 0 Å². The molecule has 0 aliphatic rings. The topological polar surface area (TPSA) is 56.0 Å². The van der Waals surface area contributed by atoms with E-state index in [0.717, 1.165) is 11.8 Å². The van der Waals surface area contributed by atoms with Gasteiger partial charge in [0, 0.05) is 17.7 Å². The van der Waals surface area contributed by atoms with Crippen molar-refractivity contribution in [1.82, 2.24) is 10.2 Å². The first-order chi connectivity index (χ1) is 7.90. The summed E-state index contributed by atoms with van der Waals surface area (Å²) in [4.78, 5) is 10.1. The Labute approximate surface area is 97.1 Å². The number of carbonyl (C=O) groups is 1. The van der Waals surface area contributed by atoms with Crippen molar-refractivity contribution in [3.05, 3.63) is 30.3 Å². The van der Waals surface area contributed by atoms with Crippen molar-refractivity contribution in [1.29, 1.82) is 0 Å². The molecule has 0 saturated carbocycles. The molecule has 0 spiro atoms. The molecule has 0 fully saturated rings. The molecule has 4 nitrogen and oxygen atoms in total. The van der Waals surface area contributed by atoms with Gasteiger partial charge < -0.3 is 9.21 Å². The number of nitrogens with zero attached hydrogens (tertiary/aromatic N) is 2. The van der Waals surface area contributed by atoms with Gasteiger partial charge in [-0.3, -0.25) is 0 Å². The third kappa shape index (κ3) is 2.70. The van der Waals surface area contributed by atoms with Crippen LogP contribution < -0.4 is 0 Å². The van der Waals surface area contributed by atoms with Crippen LogP contribution in [0.15, 0.2) is 40.0 Å². The number of rotatable bonds is 5. The second-order valence-corrected chi connectivity index (χ2v) is 4.09. The predicted molar refractivity (Wildman–Crippen MR) is 61.1 cm³/mol. The van der Waals surface area contributed by atoms with E-state index in [4.69, 9.17) is 4.42 Å². The van der Waals surface area contributed by atoms with E-state index in [-0.39, 0.29) is 0 Å². The first-order valence-corrected chi connectivity index (χ1v) is 5.84. The fraction of sp³-hybridized carbons (Fsp3) is 0.182. The van der Waals surface area contributed by atoms with Gasteiger partial charge in [-0.15, -0.1) is 10.2 Å². The number of carbonyl (C=O) groups excluding carboxylic acids is 1. The third-order valence-electron chi connectivity index (χ3n) is 1.89. The number of hydrogen-bond acceptors (Lipinski definition) is 5. The Kier molecular flexibility index (Phi) is 3.71. The van der Waals surface area contributed by atoms with Crippen LogP contribution in [0.4, 0.5) is 0 Å². The minimum atomic E-state index is 0.494. The monoisotopic (exact) mass is 234 g/mol. The van der Waals surface area contributed by atoms with Crippen LogP contribution in [0, 0.1) is 0 Å². The predicted octanol–water partition coefficient (Wildman–Crippen LogP) is 2.42. The quantitative estimate of drug-likeness (QED) is 0.451. The summed E-state index contributed by atoms with van der Waals surface area (Å²) in [6, 6.07) is 9.58. The maximum absolute atomic E-state index is 10.1. The van der Waals surface area contributed by atoms with Crippen LogP contribution in [0.5, 0.6) is 0 Å². The van der Waals surface area contributed by atoms with E-state index < -0.39 is 0 Å². The second-order valence-electron chi connectivity index (χ2n) is 3.04. The maximum atomic E-state index is 10.1. The fourth-order valence-electron chi connectivity index (χ4n) is 1.16. The van der Waals surface area contributed by atoms with E-state index in [1.165, 1.54) is 11.8 Å². The molecule has 0 saturated heterocycles. The van der Waals surface area contributed by atoms with Gasteiger partial charge in [0.05, 0.1) is 0 Å². The first-order valence-electron chi connectivity index (χ1n) is 4.85. The molecule has 1 aromatic heterocycles. The van der Waals surface area contributed by atoms with Crippen molar-refractivity contribution in [3.63, 3.8) is 0 Å². The van der Waals surface area contributed by atoms with E-state index >= 15 is 0 Å². The van der Waals surface area contributed by atoms with Gasteiger partial charge in [-0.2, -0.15) is 0 Å². The summed E-state index contributed by atoms with van der Waals surface area (Å²) >= 11 is 1.39. The number of benzene rings is 1. The Balaban J connectivity index is 2.05. The summed E-state index contributed by atoms with van der Waals surface area (Å²) in [5, 5.41) is 8.33. The Hall–Kier alpha value is -1.62. The lowest BCUT2D eigenvalue weighted by molar-refractivity contribution is -0.107. The van der Waals surface area contributed by atoms with Crippen LogP contribution in [0.3, 0.4) is 0 Å². The average molecular weight is 234 g/mol. The highest BCUT2D eigenvalue weighted by Gasteiger charge is 2.07. The summed E-state index contributed by atoms with van der Waals surface area (Å²) in [6.07, 6.45) is 1.37. The van der Waals surface area contributed by atoms with Crippen LogP contribution in [-0.2, 0) is 4.79 Å². The molecule has 0 atom stereocenters. The van der Waals surface area contributed by atoms with Gasteiger partial charge >= 0.3 is 0 Å².